The second kappa shape index (κ2) is 5.32. The highest BCUT2D eigenvalue weighted by Crippen LogP contribution is 2.32. The molecule has 0 bridgehead atoms. The third kappa shape index (κ3) is 2.54. The minimum atomic E-state index is -0.0903. The Morgan fingerprint density at radius 1 is 1.12 bits per heavy atom. The van der Waals surface area contributed by atoms with Crippen molar-refractivity contribution in [3.63, 3.8) is 0 Å². The Bertz CT molecular complexity index is 454. The molecular formula is C13H13NO3. The Morgan fingerprint density at radius 3 is 2.59 bits per heavy atom. The molecule has 88 valence electrons. The van der Waals surface area contributed by atoms with Gasteiger partial charge in [0.1, 0.15) is 0 Å². The van der Waals surface area contributed by atoms with Crippen LogP contribution in [-0.2, 0) is 6.61 Å². The normalized spacial score (nSPS) is 10.0. The Labute approximate surface area is 99.5 Å². The van der Waals surface area contributed by atoms with Crippen molar-refractivity contribution in [2.24, 2.45) is 0 Å². The maximum atomic E-state index is 9.18. The molecule has 0 spiro atoms. The summed E-state index contributed by atoms with van der Waals surface area (Å²) in [4.78, 5) is 3.97. The molecule has 1 heterocycles. The summed E-state index contributed by atoms with van der Waals surface area (Å²) in [5, 5.41) is 9.18. The largest absolute Gasteiger partial charge is 0.493 e. The van der Waals surface area contributed by atoms with Crippen molar-refractivity contribution in [3.05, 3.63) is 48.3 Å². The molecule has 0 aliphatic heterocycles. The van der Waals surface area contributed by atoms with Crippen molar-refractivity contribution in [3.8, 4) is 17.2 Å². The smallest absolute Gasteiger partial charge is 0.169 e. The number of pyridine rings is 1. The second-order valence-corrected chi connectivity index (χ2v) is 3.39. The van der Waals surface area contributed by atoms with Crippen LogP contribution in [0.3, 0.4) is 0 Å². The zero-order chi connectivity index (χ0) is 12.1. The lowest BCUT2D eigenvalue weighted by Gasteiger charge is -2.11. The molecule has 1 aromatic heterocycles. The summed E-state index contributed by atoms with van der Waals surface area (Å²) in [5.41, 5.74) is 0.686. The molecule has 2 rings (SSSR count). The van der Waals surface area contributed by atoms with Crippen LogP contribution >= 0.6 is 0 Å². The van der Waals surface area contributed by atoms with E-state index < -0.39 is 0 Å². The van der Waals surface area contributed by atoms with Crippen molar-refractivity contribution in [2.75, 3.05) is 7.11 Å². The van der Waals surface area contributed by atoms with E-state index in [1.807, 2.05) is 18.2 Å². The van der Waals surface area contributed by atoms with E-state index >= 15 is 0 Å². The number of aromatic nitrogens is 1. The van der Waals surface area contributed by atoms with Gasteiger partial charge in [-0.05, 0) is 18.2 Å². The zero-order valence-electron chi connectivity index (χ0n) is 9.46. The van der Waals surface area contributed by atoms with E-state index in [2.05, 4.69) is 4.98 Å². The highest BCUT2D eigenvalue weighted by Gasteiger charge is 2.07. The molecule has 0 saturated carbocycles. The van der Waals surface area contributed by atoms with Crippen LogP contribution in [-0.4, -0.2) is 17.2 Å². The van der Waals surface area contributed by atoms with Crippen LogP contribution in [0.5, 0.6) is 17.2 Å². The molecule has 0 saturated heterocycles. The monoisotopic (exact) mass is 231 g/mol. The minimum absolute atomic E-state index is 0.0903. The maximum absolute atomic E-state index is 9.18. The predicted molar refractivity (Wildman–Crippen MR) is 63.2 cm³/mol. The fourth-order valence-corrected chi connectivity index (χ4v) is 1.45. The average molecular weight is 231 g/mol. The summed E-state index contributed by atoms with van der Waals surface area (Å²) in [5.74, 6) is 1.76. The van der Waals surface area contributed by atoms with Crippen molar-refractivity contribution in [1.29, 1.82) is 0 Å². The van der Waals surface area contributed by atoms with Crippen LogP contribution in [0, 0.1) is 0 Å². The van der Waals surface area contributed by atoms with E-state index in [0.717, 1.165) is 0 Å². The SMILES string of the molecule is COc1ccccc1Oc1cnccc1CO. The first-order valence-corrected chi connectivity index (χ1v) is 5.19. The Hall–Kier alpha value is -2.07. The van der Waals surface area contributed by atoms with Crippen molar-refractivity contribution < 1.29 is 14.6 Å². The summed E-state index contributed by atoms with van der Waals surface area (Å²) < 4.78 is 10.9. The van der Waals surface area contributed by atoms with E-state index in [4.69, 9.17) is 9.47 Å². The molecule has 1 aromatic carbocycles. The van der Waals surface area contributed by atoms with Gasteiger partial charge in [0, 0.05) is 11.8 Å². The molecule has 0 unspecified atom stereocenters. The van der Waals surface area contributed by atoms with Crippen LogP contribution in [0.1, 0.15) is 5.56 Å². The number of methoxy groups -OCH3 is 1. The highest BCUT2D eigenvalue weighted by molar-refractivity contribution is 5.43. The number of hydrogen-bond acceptors (Lipinski definition) is 4. The molecule has 17 heavy (non-hydrogen) atoms. The summed E-state index contributed by atoms with van der Waals surface area (Å²) in [6, 6.07) is 9.04. The molecular weight excluding hydrogens is 218 g/mol. The summed E-state index contributed by atoms with van der Waals surface area (Å²) in [7, 11) is 1.58. The number of rotatable bonds is 4. The lowest BCUT2D eigenvalue weighted by molar-refractivity contribution is 0.275. The lowest BCUT2D eigenvalue weighted by atomic mass is 10.2. The van der Waals surface area contributed by atoms with Gasteiger partial charge in [0.05, 0.1) is 19.9 Å². The summed E-state index contributed by atoms with van der Waals surface area (Å²) >= 11 is 0. The van der Waals surface area contributed by atoms with E-state index in [0.29, 0.717) is 22.8 Å². The van der Waals surface area contributed by atoms with Gasteiger partial charge in [-0.2, -0.15) is 0 Å². The number of benzene rings is 1. The van der Waals surface area contributed by atoms with E-state index in [1.54, 1.807) is 31.6 Å². The minimum Gasteiger partial charge on any atom is -0.493 e. The number of nitrogens with zero attached hydrogens (tertiary/aromatic N) is 1. The van der Waals surface area contributed by atoms with Crippen molar-refractivity contribution in [1.82, 2.24) is 4.98 Å². The van der Waals surface area contributed by atoms with Gasteiger partial charge in [-0.3, -0.25) is 4.98 Å². The molecule has 0 amide bonds. The molecule has 0 radical (unpaired) electrons. The molecule has 4 nitrogen and oxygen atoms in total. The molecule has 0 aliphatic rings. The van der Waals surface area contributed by atoms with Gasteiger partial charge < -0.3 is 14.6 Å². The number of aliphatic hydroxyl groups excluding tert-OH is 1. The molecule has 1 N–H and O–H groups in total. The first kappa shape index (κ1) is 11.4. The Kier molecular flexibility index (Phi) is 3.57. The number of para-hydroxylation sites is 2. The summed E-state index contributed by atoms with van der Waals surface area (Å²) in [6.07, 6.45) is 3.18. The highest BCUT2D eigenvalue weighted by atomic mass is 16.5. The molecule has 0 atom stereocenters. The third-order valence-electron chi connectivity index (χ3n) is 2.33. The van der Waals surface area contributed by atoms with E-state index in [-0.39, 0.29) is 6.61 Å². The number of hydrogen-bond donors (Lipinski definition) is 1. The zero-order valence-corrected chi connectivity index (χ0v) is 9.46. The number of aliphatic hydroxyl groups is 1. The van der Waals surface area contributed by atoms with Gasteiger partial charge in [-0.15, -0.1) is 0 Å². The maximum Gasteiger partial charge on any atom is 0.169 e. The van der Waals surface area contributed by atoms with Crippen LogP contribution in [0.4, 0.5) is 0 Å². The van der Waals surface area contributed by atoms with Gasteiger partial charge in [-0.1, -0.05) is 12.1 Å². The fraction of sp³-hybridized carbons (Fsp3) is 0.154. The molecule has 0 fully saturated rings. The second-order valence-electron chi connectivity index (χ2n) is 3.39. The Balaban J connectivity index is 2.31. The first-order chi connectivity index (χ1) is 8.35. The summed E-state index contributed by atoms with van der Waals surface area (Å²) in [6.45, 7) is -0.0903. The van der Waals surface area contributed by atoms with E-state index in [1.165, 1.54) is 0 Å². The van der Waals surface area contributed by atoms with Gasteiger partial charge in [-0.25, -0.2) is 0 Å². The first-order valence-electron chi connectivity index (χ1n) is 5.19. The fourth-order valence-electron chi connectivity index (χ4n) is 1.45. The Morgan fingerprint density at radius 2 is 1.88 bits per heavy atom. The van der Waals surface area contributed by atoms with Crippen LogP contribution in [0.25, 0.3) is 0 Å². The van der Waals surface area contributed by atoms with Crippen molar-refractivity contribution >= 4 is 0 Å². The molecule has 2 aromatic rings. The van der Waals surface area contributed by atoms with Crippen molar-refractivity contribution in [2.45, 2.75) is 6.61 Å². The third-order valence-corrected chi connectivity index (χ3v) is 2.33. The number of ether oxygens (including phenoxy) is 2. The predicted octanol–water partition coefficient (Wildman–Crippen LogP) is 2.37. The average Bonchev–Trinajstić information content (AvgIpc) is 2.40. The van der Waals surface area contributed by atoms with Crippen LogP contribution in [0.15, 0.2) is 42.7 Å². The topological polar surface area (TPSA) is 51.6 Å². The van der Waals surface area contributed by atoms with Gasteiger partial charge >= 0.3 is 0 Å². The standard InChI is InChI=1S/C13H13NO3/c1-16-11-4-2-3-5-12(11)17-13-8-14-7-6-10(13)9-15/h2-8,15H,9H2,1H3. The van der Waals surface area contributed by atoms with Gasteiger partial charge in [0.15, 0.2) is 17.2 Å². The molecule has 0 aliphatic carbocycles. The van der Waals surface area contributed by atoms with Gasteiger partial charge in [0.2, 0.25) is 0 Å². The van der Waals surface area contributed by atoms with E-state index in [9.17, 15) is 5.11 Å². The lowest BCUT2D eigenvalue weighted by Crippen LogP contribution is -1.94. The van der Waals surface area contributed by atoms with Crippen LogP contribution in [0.2, 0.25) is 0 Å². The quantitative estimate of drug-likeness (QED) is 0.877. The molecule has 4 heteroatoms. The van der Waals surface area contributed by atoms with Gasteiger partial charge in [0.25, 0.3) is 0 Å². The van der Waals surface area contributed by atoms with Crippen LogP contribution < -0.4 is 9.47 Å².